The summed E-state index contributed by atoms with van der Waals surface area (Å²) in [7, 11) is 0. The maximum absolute atomic E-state index is 11.9. The van der Waals surface area contributed by atoms with Gasteiger partial charge >= 0.3 is 5.97 Å². The zero-order valence-corrected chi connectivity index (χ0v) is 8.62. The Bertz CT molecular complexity index is 603. The molecule has 1 aromatic carbocycles. The average Bonchev–Trinajstić information content (AvgIpc) is 2.29. The first-order valence-corrected chi connectivity index (χ1v) is 4.80. The number of nitrogens with zero attached hydrogens (tertiary/aromatic N) is 2. The highest BCUT2D eigenvalue weighted by Gasteiger charge is 2.16. The third-order valence-corrected chi connectivity index (χ3v) is 2.44. The highest BCUT2D eigenvalue weighted by Crippen LogP contribution is 2.08. The Hall–Kier alpha value is -2.17. The highest BCUT2D eigenvalue weighted by molar-refractivity contribution is 5.80. The molecule has 0 unspecified atom stereocenters. The van der Waals surface area contributed by atoms with Gasteiger partial charge in [-0.1, -0.05) is 18.2 Å². The van der Waals surface area contributed by atoms with E-state index in [9.17, 15) is 9.59 Å². The van der Waals surface area contributed by atoms with Crippen LogP contribution in [0.15, 0.2) is 35.3 Å². The topological polar surface area (TPSA) is 72.2 Å². The van der Waals surface area contributed by atoms with Gasteiger partial charge < -0.3 is 5.11 Å². The SMILES string of the molecule is C[C@H](C(=O)O)n1ncc2ccccc2c1=O. The van der Waals surface area contributed by atoms with E-state index in [0.717, 1.165) is 4.68 Å². The fraction of sp³-hybridized carbons (Fsp3) is 0.182. The predicted molar refractivity (Wildman–Crippen MR) is 58.3 cm³/mol. The summed E-state index contributed by atoms with van der Waals surface area (Å²) >= 11 is 0. The van der Waals surface area contributed by atoms with E-state index in [-0.39, 0.29) is 5.56 Å². The number of hydrogen-bond acceptors (Lipinski definition) is 3. The lowest BCUT2D eigenvalue weighted by Gasteiger charge is -2.09. The molecule has 0 saturated carbocycles. The Morgan fingerprint density at radius 2 is 2.12 bits per heavy atom. The van der Waals surface area contributed by atoms with Crippen molar-refractivity contribution in [3.05, 3.63) is 40.8 Å². The standard InChI is InChI=1S/C11H10N2O3/c1-7(11(15)16)13-10(14)9-5-3-2-4-8(9)6-12-13/h2-7H,1H3,(H,15,16)/t7-/m1/s1. The summed E-state index contributed by atoms with van der Waals surface area (Å²) in [5.41, 5.74) is -0.381. The molecule has 2 aromatic rings. The molecule has 1 aromatic heterocycles. The molecule has 0 fully saturated rings. The molecule has 0 saturated heterocycles. The third-order valence-electron chi connectivity index (χ3n) is 2.44. The Morgan fingerprint density at radius 3 is 2.81 bits per heavy atom. The molecule has 1 heterocycles. The number of rotatable bonds is 2. The molecule has 0 aliphatic carbocycles. The minimum atomic E-state index is -1.08. The number of aliphatic carboxylic acids is 1. The van der Waals surface area contributed by atoms with Crippen LogP contribution in [0.1, 0.15) is 13.0 Å². The molecule has 0 spiro atoms. The lowest BCUT2D eigenvalue weighted by Crippen LogP contribution is -2.30. The smallest absolute Gasteiger partial charge is 0.328 e. The lowest BCUT2D eigenvalue weighted by molar-refractivity contribution is -0.140. The molecule has 0 aliphatic heterocycles. The normalized spacial score (nSPS) is 12.6. The van der Waals surface area contributed by atoms with E-state index in [0.29, 0.717) is 10.8 Å². The van der Waals surface area contributed by atoms with E-state index in [4.69, 9.17) is 5.11 Å². The summed E-state index contributed by atoms with van der Waals surface area (Å²) in [6, 6.07) is 6.00. The van der Waals surface area contributed by atoms with Crippen LogP contribution >= 0.6 is 0 Å². The lowest BCUT2D eigenvalue weighted by atomic mass is 10.2. The summed E-state index contributed by atoms with van der Waals surface area (Å²) < 4.78 is 0.977. The van der Waals surface area contributed by atoms with Crippen molar-refractivity contribution < 1.29 is 9.90 Å². The monoisotopic (exact) mass is 218 g/mol. The van der Waals surface area contributed by atoms with Crippen LogP contribution in [0, 0.1) is 0 Å². The van der Waals surface area contributed by atoms with Crippen molar-refractivity contribution >= 4 is 16.7 Å². The Labute approximate surface area is 90.9 Å². The summed E-state index contributed by atoms with van der Waals surface area (Å²) in [6.45, 7) is 1.42. The van der Waals surface area contributed by atoms with E-state index in [2.05, 4.69) is 5.10 Å². The first-order valence-electron chi connectivity index (χ1n) is 4.80. The molecule has 5 nitrogen and oxygen atoms in total. The molecular formula is C11H10N2O3. The minimum Gasteiger partial charge on any atom is -0.480 e. The van der Waals surface area contributed by atoms with Gasteiger partial charge in [-0.25, -0.2) is 9.48 Å². The first kappa shape index (κ1) is 10.4. The molecule has 5 heteroatoms. The van der Waals surface area contributed by atoms with Crippen molar-refractivity contribution in [3.8, 4) is 0 Å². The maximum atomic E-state index is 11.9. The van der Waals surface area contributed by atoms with Crippen molar-refractivity contribution in [1.82, 2.24) is 9.78 Å². The van der Waals surface area contributed by atoms with E-state index >= 15 is 0 Å². The van der Waals surface area contributed by atoms with Crippen molar-refractivity contribution in [2.24, 2.45) is 0 Å². The number of benzene rings is 1. The molecule has 1 atom stereocenters. The predicted octanol–water partition coefficient (Wildman–Crippen LogP) is 1.04. The van der Waals surface area contributed by atoms with Gasteiger partial charge in [-0.15, -0.1) is 0 Å². The van der Waals surface area contributed by atoms with Crippen LogP contribution in [0.25, 0.3) is 10.8 Å². The zero-order valence-electron chi connectivity index (χ0n) is 8.62. The van der Waals surface area contributed by atoms with Crippen molar-refractivity contribution in [2.75, 3.05) is 0 Å². The summed E-state index contributed by atoms with van der Waals surface area (Å²) in [5, 5.41) is 13.9. The summed E-state index contributed by atoms with van der Waals surface area (Å²) in [5.74, 6) is -1.08. The zero-order chi connectivity index (χ0) is 11.7. The highest BCUT2D eigenvalue weighted by atomic mass is 16.4. The van der Waals surface area contributed by atoms with E-state index < -0.39 is 12.0 Å². The van der Waals surface area contributed by atoms with Crippen LogP contribution < -0.4 is 5.56 Å². The molecule has 2 rings (SSSR count). The van der Waals surface area contributed by atoms with Gasteiger partial charge in [0, 0.05) is 5.39 Å². The van der Waals surface area contributed by atoms with Gasteiger partial charge in [0.1, 0.15) is 0 Å². The van der Waals surface area contributed by atoms with Gasteiger partial charge in [-0.3, -0.25) is 4.79 Å². The Morgan fingerprint density at radius 1 is 1.44 bits per heavy atom. The average molecular weight is 218 g/mol. The Kier molecular flexibility index (Phi) is 2.44. The number of carboxylic acid groups (broad SMARTS) is 1. The first-order chi connectivity index (χ1) is 7.61. The fourth-order valence-electron chi connectivity index (χ4n) is 1.49. The van der Waals surface area contributed by atoms with Crippen molar-refractivity contribution in [3.63, 3.8) is 0 Å². The van der Waals surface area contributed by atoms with E-state index in [1.807, 2.05) is 0 Å². The van der Waals surface area contributed by atoms with Crippen LogP contribution in [0.4, 0.5) is 0 Å². The fourth-order valence-corrected chi connectivity index (χ4v) is 1.49. The number of carboxylic acids is 1. The van der Waals surface area contributed by atoms with Crippen LogP contribution in [-0.2, 0) is 4.79 Å². The van der Waals surface area contributed by atoms with Gasteiger partial charge in [0.05, 0.1) is 11.6 Å². The Balaban J connectivity index is 2.70. The molecule has 82 valence electrons. The molecular weight excluding hydrogens is 208 g/mol. The molecule has 0 aliphatic rings. The van der Waals surface area contributed by atoms with Crippen molar-refractivity contribution in [2.45, 2.75) is 13.0 Å². The molecule has 0 bridgehead atoms. The second-order valence-corrected chi connectivity index (χ2v) is 3.50. The van der Waals surface area contributed by atoms with Gasteiger partial charge in [0.15, 0.2) is 6.04 Å². The van der Waals surface area contributed by atoms with Gasteiger partial charge in [0.2, 0.25) is 0 Å². The minimum absolute atomic E-state index is 0.381. The molecule has 16 heavy (non-hydrogen) atoms. The third kappa shape index (κ3) is 1.56. The maximum Gasteiger partial charge on any atom is 0.328 e. The van der Waals surface area contributed by atoms with Crippen LogP contribution in [0.2, 0.25) is 0 Å². The van der Waals surface area contributed by atoms with Gasteiger partial charge in [-0.05, 0) is 13.0 Å². The number of hydrogen-bond donors (Lipinski definition) is 1. The number of carbonyl (C=O) groups is 1. The van der Waals surface area contributed by atoms with Gasteiger partial charge in [0.25, 0.3) is 5.56 Å². The van der Waals surface area contributed by atoms with E-state index in [1.165, 1.54) is 13.1 Å². The molecule has 0 amide bonds. The second-order valence-electron chi connectivity index (χ2n) is 3.50. The number of fused-ring (bicyclic) bond motifs is 1. The van der Waals surface area contributed by atoms with Gasteiger partial charge in [-0.2, -0.15) is 5.10 Å². The molecule has 0 radical (unpaired) electrons. The largest absolute Gasteiger partial charge is 0.480 e. The molecule has 1 N–H and O–H groups in total. The van der Waals surface area contributed by atoms with Crippen LogP contribution in [-0.4, -0.2) is 20.9 Å². The van der Waals surface area contributed by atoms with E-state index in [1.54, 1.807) is 24.3 Å². The van der Waals surface area contributed by atoms with Crippen LogP contribution in [0.5, 0.6) is 0 Å². The number of aromatic nitrogens is 2. The van der Waals surface area contributed by atoms with Crippen molar-refractivity contribution in [1.29, 1.82) is 0 Å². The second kappa shape index (κ2) is 3.77. The summed E-state index contributed by atoms with van der Waals surface area (Å²) in [6.07, 6.45) is 1.50. The quantitative estimate of drug-likeness (QED) is 0.817. The van der Waals surface area contributed by atoms with Crippen LogP contribution in [0.3, 0.4) is 0 Å². The summed E-state index contributed by atoms with van der Waals surface area (Å²) in [4.78, 5) is 22.7.